The summed E-state index contributed by atoms with van der Waals surface area (Å²) in [6, 6.07) is 22.1. The van der Waals surface area contributed by atoms with E-state index in [1.54, 1.807) is 18.0 Å². The van der Waals surface area contributed by atoms with Crippen molar-refractivity contribution in [3.8, 4) is 5.75 Å². The van der Waals surface area contributed by atoms with Crippen LogP contribution >= 0.6 is 11.6 Å². The average molecular weight is 465 g/mol. The Bertz CT molecular complexity index is 1080. The Hall–Kier alpha value is -3.31. The number of carbonyl (C=O) groups excluding carboxylic acids is 2. The quantitative estimate of drug-likeness (QED) is 0.498. The van der Waals surface area contributed by atoms with Gasteiger partial charge in [0, 0.05) is 25.0 Å². The fraction of sp³-hybridized carbons (Fsp3) is 0.259. The summed E-state index contributed by atoms with van der Waals surface area (Å²) in [6.45, 7) is 3.97. The summed E-state index contributed by atoms with van der Waals surface area (Å²) in [5, 5.41) is 3.25. The van der Waals surface area contributed by atoms with Gasteiger partial charge in [0.1, 0.15) is 11.8 Å². The van der Waals surface area contributed by atoms with Crippen LogP contribution in [-0.4, -0.2) is 36.4 Å². The van der Waals surface area contributed by atoms with E-state index >= 15 is 0 Å². The lowest BCUT2D eigenvalue weighted by Crippen LogP contribution is -2.51. The summed E-state index contributed by atoms with van der Waals surface area (Å²) < 4.78 is 5.84. The summed E-state index contributed by atoms with van der Waals surface area (Å²) in [5.74, 6) is 0.0855. The van der Waals surface area contributed by atoms with Crippen molar-refractivity contribution in [1.29, 1.82) is 0 Å². The van der Waals surface area contributed by atoms with E-state index in [0.717, 1.165) is 22.3 Å². The van der Waals surface area contributed by atoms with Crippen molar-refractivity contribution in [3.05, 3.63) is 100 Å². The van der Waals surface area contributed by atoms with Crippen LogP contribution in [-0.2, 0) is 22.6 Å². The number of amides is 2. The molecule has 3 aromatic carbocycles. The van der Waals surface area contributed by atoms with Gasteiger partial charge in [0.2, 0.25) is 5.91 Å². The number of carbonyl (C=O) groups is 2. The number of aryl methyl sites for hydroxylation is 2. The predicted octanol–water partition coefficient (Wildman–Crippen LogP) is 4.72. The molecule has 5 nitrogen and oxygen atoms in total. The first-order valence-corrected chi connectivity index (χ1v) is 11.2. The van der Waals surface area contributed by atoms with E-state index in [-0.39, 0.29) is 25.0 Å². The van der Waals surface area contributed by atoms with Crippen LogP contribution in [0.25, 0.3) is 0 Å². The third kappa shape index (κ3) is 6.83. The molecule has 0 aliphatic carbocycles. The first-order valence-electron chi connectivity index (χ1n) is 10.9. The van der Waals surface area contributed by atoms with E-state index in [1.165, 1.54) is 0 Å². The Morgan fingerprint density at radius 1 is 0.970 bits per heavy atom. The highest BCUT2D eigenvalue weighted by molar-refractivity contribution is 6.31. The largest absolute Gasteiger partial charge is 0.484 e. The van der Waals surface area contributed by atoms with Gasteiger partial charge in [-0.1, -0.05) is 66.2 Å². The number of hydrogen-bond donors (Lipinski definition) is 1. The predicted molar refractivity (Wildman–Crippen MR) is 131 cm³/mol. The normalized spacial score (nSPS) is 11.5. The molecule has 0 radical (unpaired) electrons. The number of ether oxygens (including phenoxy) is 1. The molecule has 1 N–H and O–H groups in total. The second kappa shape index (κ2) is 11.5. The van der Waals surface area contributed by atoms with Crippen LogP contribution in [0.4, 0.5) is 0 Å². The number of likely N-dealkylation sites (N-methyl/N-ethyl adjacent to an activating group) is 1. The zero-order chi connectivity index (χ0) is 23.8. The Balaban J connectivity index is 1.89. The van der Waals surface area contributed by atoms with E-state index in [9.17, 15) is 9.59 Å². The molecule has 33 heavy (non-hydrogen) atoms. The highest BCUT2D eigenvalue weighted by Gasteiger charge is 2.30. The van der Waals surface area contributed by atoms with E-state index < -0.39 is 6.04 Å². The highest BCUT2D eigenvalue weighted by Crippen LogP contribution is 2.21. The molecule has 172 valence electrons. The minimum absolute atomic E-state index is 0.185. The molecule has 6 heteroatoms. The van der Waals surface area contributed by atoms with Crippen LogP contribution in [0.2, 0.25) is 5.02 Å². The standard InChI is InChI=1S/C27H29ClN2O3/c1-19-13-20(2)15-23(14-19)33-18-26(31)30(17-22-11-7-8-12-24(22)28)25(27(32)29-3)16-21-9-5-4-6-10-21/h4-15,25H,16-18H2,1-3H3,(H,29,32). The monoisotopic (exact) mass is 464 g/mol. The van der Waals surface area contributed by atoms with Gasteiger partial charge in [-0.25, -0.2) is 0 Å². The minimum atomic E-state index is -0.719. The molecule has 0 aliphatic heterocycles. The topological polar surface area (TPSA) is 58.6 Å². The van der Waals surface area contributed by atoms with Crippen molar-refractivity contribution in [1.82, 2.24) is 10.2 Å². The molecule has 3 rings (SSSR count). The maximum atomic E-state index is 13.4. The molecule has 0 fully saturated rings. The highest BCUT2D eigenvalue weighted by atomic mass is 35.5. The molecule has 0 aromatic heterocycles. The summed E-state index contributed by atoms with van der Waals surface area (Å²) >= 11 is 6.39. The van der Waals surface area contributed by atoms with Crippen LogP contribution in [0, 0.1) is 13.8 Å². The van der Waals surface area contributed by atoms with Gasteiger partial charge in [-0.15, -0.1) is 0 Å². The summed E-state index contributed by atoms with van der Waals surface area (Å²) in [7, 11) is 1.57. The van der Waals surface area contributed by atoms with Gasteiger partial charge < -0.3 is 15.0 Å². The molecule has 0 aliphatic rings. The molecule has 2 amide bonds. The minimum Gasteiger partial charge on any atom is -0.484 e. The van der Waals surface area contributed by atoms with Crippen LogP contribution < -0.4 is 10.1 Å². The third-order valence-electron chi connectivity index (χ3n) is 5.37. The number of hydrogen-bond acceptors (Lipinski definition) is 3. The maximum absolute atomic E-state index is 13.4. The van der Waals surface area contributed by atoms with Crippen LogP contribution in [0.15, 0.2) is 72.8 Å². The molecule has 0 spiro atoms. The van der Waals surface area contributed by atoms with Crippen molar-refractivity contribution in [2.75, 3.05) is 13.7 Å². The summed E-state index contributed by atoms with van der Waals surface area (Å²) in [4.78, 5) is 27.9. The summed E-state index contributed by atoms with van der Waals surface area (Å²) in [6.07, 6.45) is 0.375. The van der Waals surface area contributed by atoms with Gasteiger partial charge in [0.15, 0.2) is 6.61 Å². The fourth-order valence-electron chi connectivity index (χ4n) is 3.77. The van der Waals surface area contributed by atoms with Crippen molar-refractivity contribution in [2.24, 2.45) is 0 Å². The number of rotatable bonds is 9. The van der Waals surface area contributed by atoms with E-state index in [2.05, 4.69) is 5.32 Å². The van der Waals surface area contributed by atoms with Gasteiger partial charge in [0.25, 0.3) is 5.91 Å². The molecule has 0 saturated carbocycles. The summed E-state index contributed by atoms with van der Waals surface area (Å²) in [5.41, 5.74) is 3.83. The second-order valence-electron chi connectivity index (χ2n) is 8.04. The second-order valence-corrected chi connectivity index (χ2v) is 8.45. The van der Waals surface area contributed by atoms with Crippen molar-refractivity contribution in [2.45, 2.75) is 32.9 Å². The van der Waals surface area contributed by atoms with E-state index in [4.69, 9.17) is 16.3 Å². The fourth-order valence-corrected chi connectivity index (χ4v) is 3.97. The lowest BCUT2D eigenvalue weighted by molar-refractivity contribution is -0.142. The van der Waals surface area contributed by atoms with E-state index in [0.29, 0.717) is 17.2 Å². The van der Waals surface area contributed by atoms with Crippen LogP contribution in [0.1, 0.15) is 22.3 Å². The van der Waals surface area contributed by atoms with Gasteiger partial charge >= 0.3 is 0 Å². The first-order chi connectivity index (χ1) is 15.9. The van der Waals surface area contributed by atoms with Crippen molar-refractivity contribution < 1.29 is 14.3 Å². The molecule has 0 saturated heterocycles. The Labute approximate surface area is 200 Å². The van der Waals surface area contributed by atoms with Gasteiger partial charge in [0.05, 0.1) is 0 Å². The molecule has 0 heterocycles. The molecule has 1 atom stereocenters. The van der Waals surface area contributed by atoms with Crippen molar-refractivity contribution >= 4 is 23.4 Å². The molecular formula is C27H29ClN2O3. The molecule has 0 bridgehead atoms. The zero-order valence-electron chi connectivity index (χ0n) is 19.2. The van der Waals surface area contributed by atoms with Crippen LogP contribution in [0.5, 0.6) is 5.75 Å². The average Bonchev–Trinajstić information content (AvgIpc) is 2.80. The number of halogens is 1. The number of benzene rings is 3. The Morgan fingerprint density at radius 2 is 1.61 bits per heavy atom. The Kier molecular flexibility index (Phi) is 8.50. The SMILES string of the molecule is CNC(=O)C(Cc1ccccc1)N(Cc1ccccc1Cl)C(=O)COc1cc(C)cc(C)c1. The molecule has 3 aromatic rings. The molecule has 1 unspecified atom stereocenters. The smallest absolute Gasteiger partial charge is 0.261 e. The lowest BCUT2D eigenvalue weighted by Gasteiger charge is -2.31. The lowest BCUT2D eigenvalue weighted by atomic mass is 10.0. The van der Waals surface area contributed by atoms with E-state index in [1.807, 2.05) is 80.6 Å². The van der Waals surface area contributed by atoms with Gasteiger partial charge in [-0.3, -0.25) is 9.59 Å². The van der Waals surface area contributed by atoms with Crippen LogP contribution in [0.3, 0.4) is 0 Å². The first kappa shape index (κ1) is 24.3. The number of nitrogens with zero attached hydrogens (tertiary/aromatic N) is 1. The van der Waals surface area contributed by atoms with Gasteiger partial charge in [-0.2, -0.15) is 0 Å². The zero-order valence-corrected chi connectivity index (χ0v) is 19.9. The maximum Gasteiger partial charge on any atom is 0.261 e. The molecular weight excluding hydrogens is 436 g/mol. The van der Waals surface area contributed by atoms with Gasteiger partial charge in [-0.05, 0) is 54.3 Å². The third-order valence-corrected chi connectivity index (χ3v) is 5.74. The number of nitrogens with one attached hydrogen (secondary N) is 1. The Morgan fingerprint density at radius 3 is 2.24 bits per heavy atom. The van der Waals surface area contributed by atoms with Crippen molar-refractivity contribution in [3.63, 3.8) is 0 Å².